The fourth-order valence-electron chi connectivity index (χ4n) is 4.69. The van der Waals surface area contributed by atoms with Gasteiger partial charge in [-0.1, -0.05) is 28.9 Å². The number of aliphatic imine (C=N–C) groups is 1. The average Bonchev–Trinajstić information content (AvgIpc) is 3.04. The van der Waals surface area contributed by atoms with Crippen molar-refractivity contribution < 1.29 is 14.4 Å². The summed E-state index contributed by atoms with van der Waals surface area (Å²) in [5.41, 5.74) is 3.35. The molecule has 2 heterocycles. The third kappa shape index (κ3) is 2.31. The minimum Gasteiger partial charge on any atom is -0.309 e. The highest BCUT2D eigenvalue weighted by atomic mass is 16.7. The zero-order chi connectivity index (χ0) is 20.3. The number of hydrogen-bond acceptors (Lipinski definition) is 5. The van der Waals surface area contributed by atoms with Gasteiger partial charge in [0, 0.05) is 12.3 Å². The number of carbonyl (C=O) groups excluding carboxylic acids is 2. The van der Waals surface area contributed by atoms with E-state index >= 15 is 0 Å². The molecule has 0 amide bonds. The van der Waals surface area contributed by atoms with Gasteiger partial charge in [-0.25, -0.2) is 4.99 Å². The second kappa shape index (κ2) is 6.29. The topological polar surface area (TPSA) is 59.0 Å². The zero-order valence-corrected chi connectivity index (χ0v) is 16.7. The first-order valence-corrected chi connectivity index (χ1v) is 9.69. The van der Waals surface area contributed by atoms with E-state index in [1.165, 1.54) is 0 Å². The summed E-state index contributed by atoms with van der Waals surface area (Å²) < 4.78 is -0.154. The number of ketones is 2. The molecule has 0 bridgehead atoms. The van der Waals surface area contributed by atoms with Crippen LogP contribution in [-0.4, -0.2) is 50.6 Å². The van der Waals surface area contributed by atoms with Crippen molar-refractivity contribution in [2.24, 2.45) is 10.9 Å². The van der Waals surface area contributed by atoms with Crippen LogP contribution in [0.1, 0.15) is 12.0 Å². The first-order chi connectivity index (χ1) is 14.0. The molecule has 0 spiro atoms. The van der Waals surface area contributed by atoms with E-state index in [-0.39, 0.29) is 16.2 Å². The zero-order valence-electron chi connectivity index (χ0n) is 16.7. The van der Waals surface area contributed by atoms with E-state index in [1.807, 2.05) is 55.4 Å². The van der Waals surface area contributed by atoms with Gasteiger partial charge in [-0.15, -0.1) is 0 Å². The normalized spacial score (nSPS) is 25.0. The second-order valence-corrected chi connectivity index (χ2v) is 7.93. The number of carbonyl (C=O) groups is 2. The molecule has 2 aromatic rings. The van der Waals surface area contributed by atoms with Crippen LogP contribution in [-0.2, 0) is 14.4 Å². The van der Waals surface area contributed by atoms with Crippen LogP contribution < -0.4 is 4.65 Å². The minimum absolute atomic E-state index is 0.117. The molecule has 0 radical (unpaired) electrons. The largest absolute Gasteiger partial charge is 0.309 e. The molecule has 0 aromatic heterocycles. The van der Waals surface area contributed by atoms with Gasteiger partial charge in [0.2, 0.25) is 12.0 Å². The highest BCUT2D eigenvalue weighted by Crippen LogP contribution is 2.54. The van der Waals surface area contributed by atoms with Gasteiger partial charge < -0.3 is 4.90 Å². The van der Waals surface area contributed by atoms with Gasteiger partial charge >= 0.3 is 0 Å². The lowest BCUT2D eigenvalue weighted by molar-refractivity contribution is -0.129. The van der Waals surface area contributed by atoms with Crippen LogP contribution in [0.15, 0.2) is 58.9 Å². The molecule has 2 unspecified atom stereocenters. The summed E-state index contributed by atoms with van der Waals surface area (Å²) in [7, 11) is 5.46. The maximum absolute atomic E-state index is 13.7. The van der Waals surface area contributed by atoms with Gasteiger partial charge in [0.1, 0.15) is 5.57 Å². The Kier molecular flexibility index (Phi) is 3.93. The standard InChI is InChI=1S/C23H22N3O3/c1-25(2)11-10-16-22(27)17-12-24-13-26(29-3)18-9-8-14-6-4-5-7-15(14)19(18)20(21(17)26)23(16)28/h4-9,12-13,16H,10-11H2,1-3H3/q+1. The smallest absolute Gasteiger partial charge is 0.233 e. The van der Waals surface area contributed by atoms with Crippen molar-refractivity contribution in [2.45, 2.75) is 6.42 Å². The lowest BCUT2D eigenvalue weighted by Crippen LogP contribution is -2.49. The predicted octanol–water partition coefficient (Wildman–Crippen LogP) is 3.08. The Balaban J connectivity index is 1.82. The van der Waals surface area contributed by atoms with Crippen molar-refractivity contribution in [3.63, 3.8) is 0 Å². The van der Waals surface area contributed by atoms with E-state index in [9.17, 15) is 9.59 Å². The van der Waals surface area contributed by atoms with E-state index < -0.39 is 5.92 Å². The molecule has 6 nitrogen and oxygen atoms in total. The number of hydrogen-bond donors (Lipinski definition) is 0. The van der Waals surface area contributed by atoms with Crippen LogP contribution in [0.25, 0.3) is 16.3 Å². The number of rotatable bonds is 4. The fourth-order valence-corrected chi connectivity index (χ4v) is 4.69. The third-order valence-electron chi connectivity index (χ3n) is 6.07. The Morgan fingerprint density at radius 3 is 2.66 bits per heavy atom. The molecular formula is C23H22N3O3+. The Labute approximate surface area is 168 Å². The molecule has 2 aliphatic heterocycles. The van der Waals surface area contributed by atoms with Crippen molar-refractivity contribution in [3.8, 4) is 0 Å². The Bertz CT molecular complexity index is 1180. The van der Waals surface area contributed by atoms with Gasteiger partial charge in [0.15, 0.2) is 17.3 Å². The number of nitrogens with zero attached hydrogens (tertiary/aromatic N) is 3. The average molecular weight is 388 g/mol. The molecule has 2 atom stereocenters. The van der Waals surface area contributed by atoms with Crippen LogP contribution in [0, 0.1) is 5.92 Å². The summed E-state index contributed by atoms with van der Waals surface area (Å²) >= 11 is 0. The van der Waals surface area contributed by atoms with E-state index in [1.54, 1.807) is 19.6 Å². The van der Waals surface area contributed by atoms with Crippen LogP contribution in [0.2, 0.25) is 0 Å². The van der Waals surface area contributed by atoms with Gasteiger partial charge in [0.05, 0.1) is 24.2 Å². The van der Waals surface area contributed by atoms with Crippen molar-refractivity contribution >= 4 is 39.9 Å². The van der Waals surface area contributed by atoms with Crippen LogP contribution >= 0.6 is 0 Å². The van der Waals surface area contributed by atoms with Crippen LogP contribution in [0.3, 0.4) is 0 Å². The van der Waals surface area contributed by atoms with Gasteiger partial charge in [-0.2, -0.15) is 4.84 Å². The molecule has 0 fully saturated rings. The molecule has 2 aromatic carbocycles. The quantitative estimate of drug-likeness (QED) is 0.597. The molecule has 146 valence electrons. The number of fused-ring (bicyclic) bond motifs is 5. The molecule has 0 N–H and O–H groups in total. The number of allylic oxidation sites excluding steroid dienone is 2. The molecule has 3 aliphatic rings. The highest BCUT2D eigenvalue weighted by molar-refractivity contribution is 6.40. The Hall–Kier alpha value is -2.93. The monoisotopic (exact) mass is 388 g/mol. The number of hydroxylamine groups is 2. The molecule has 0 saturated carbocycles. The van der Waals surface area contributed by atoms with Gasteiger partial charge in [0.25, 0.3) is 0 Å². The lowest BCUT2D eigenvalue weighted by Gasteiger charge is -2.32. The first kappa shape index (κ1) is 18.1. The molecule has 0 saturated heterocycles. The van der Waals surface area contributed by atoms with Crippen LogP contribution in [0.4, 0.5) is 5.69 Å². The van der Waals surface area contributed by atoms with Crippen molar-refractivity contribution in [1.29, 1.82) is 0 Å². The molecule has 5 rings (SSSR count). The SMILES string of the molecule is CO[N+]12C=NC=C3C(=O)C(CCN(C)C)C(=O)C(=C31)c1c2ccc2ccccc12. The van der Waals surface area contributed by atoms with E-state index in [0.717, 1.165) is 22.0 Å². The summed E-state index contributed by atoms with van der Waals surface area (Å²) in [4.78, 5) is 39.2. The second-order valence-electron chi connectivity index (χ2n) is 7.93. The Morgan fingerprint density at radius 2 is 1.90 bits per heavy atom. The Morgan fingerprint density at radius 1 is 1.10 bits per heavy atom. The molecule has 6 heteroatoms. The van der Waals surface area contributed by atoms with E-state index in [0.29, 0.717) is 29.8 Å². The van der Waals surface area contributed by atoms with E-state index in [2.05, 4.69) is 4.99 Å². The summed E-state index contributed by atoms with van der Waals surface area (Å²) in [5, 5.41) is 2.03. The van der Waals surface area contributed by atoms with Crippen molar-refractivity contribution in [2.75, 3.05) is 27.7 Å². The molecule has 29 heavy (non-hydrogen) atoms. The first-order valence-electron chi connectivity index (χ1n) is 9.69. The predicted molar refractivity (Wildman–Crippen MR) is 113 cm³/mol. The van der Waals surface area contributed by atoms with Crippen molar-refractivity contribution in [1.82, 2.24) is 9.55 Å². The summed E-state index contributed by atoms with van der Waals surface area (Å²) in [6, 6.07) is 12.0. The summed E-state index contributed by atoms with van der Waals surface area (Å²) in [6.07, 6.45) is 3.71. The van der Waals surface area contributed by atoms with E-state index in [4.69, 9.17) is 4.84 Å². The van der Waals surface area contributed by atoms with Crippen molar-refractivity contribution in [3.05, 3.63) is 59.4 Å². The molecule has 1 aliphatic carbocycles. The lowest BCUT2D eigenvalue weighted by atomic mass is 9.77. The number of quaternary nitrogens is 1. The fraction of sp³-hybridized carbons (Fsp3) is 0.261. The number of Topliss-reactive ketones (excluding diaryl/α,β-unsaturated/α-hetero) is 2. The summed E-state index contributed by atoms with van der Waals surface area (Å²) in [5.74, 6) is -0.975. The van der Waals surface area contributed by atoms with Crippen LogP contribution in [0.5, 0.6) is 0 Å². The third-order valence-corrected chi connectivity index (χ3v) is 6.07. The molecular weight excluding hydrogens is 366 g/mol. The number of benzene rings is 2. The summed E-state index contributed by atoms with van der Waals surface area (Å²) in [6.45, 7) is 0.661. The van der Waals surface area contributed by atoms with Gasteiger partial charge in [-0.05, 0) is 43.9 Å². The maximum atomic E-state index is 13.7. The highest BCUT2D eigenvalue weighted by Gasteiger charge is 2.58. The van der Waals surface area contributed by atoms with Gasteiger partial charge in [-0.3, -0.25) is 9.59 Å². The maximum Gasteiger partial charge on any atom is 0.233 e. The minimum atomic E-state index is -0.695.